The lowest BCUT2D eigenvalue weighted by molar-refractivity contribution is -0.137. The summed E-state index contributed by atoms with van der Waals surface area (Å²) in [7, 11) is 0. The number of ether oxygens (including phenoxy) is 1. The third-order valence-corrected chi connectivity index (χ3v) is 6.34. The van der Waals surface area contributed by atoms with Crippen LogP contribution in [0.2, 0.25) is 0 Å². The summed E-state index contributed by atoms with van der Waals surface area (Å²) in [4.78, 5) is 16.0. The number of carboxylic acids is 1. The third-order valence-electron chi connectivity index (χ3n) is 6.34. The molecule has 0 unspecified atom stereocenters. The van der Waals surface area contributed by atoms with Gasteiger partial charge < -0.3 is 9.84 Å². The second kappa shape index (κ2) is 11.2. The number of nitrogens with zero attached hydrogens (tertiary/aromatic N) is 4. The molecule has 0 radical (unpaired) electrons. The number of rotatable bonds is 8. The van der Waals surface area contributed by atoms with Crippen molar-refractivity contribution in [2.45, 2.75) is 59.5 Å². The number of carboxylic acid groups (broad SMARTS) is 1. The van der Waals surface area contributed by atoms with Gasteiger partial charge in [-0.25, -0.2) is 9.50 Å². The highest BCUT2D eigenvalue weighted by Gasteiger charge is 2.18. The fourth-order valence-corrected chi connectivity index (χ4v) is 4.58. The zero-order valence-electron chi connectivity index (χ0n) is 22.2. The van der Waals surface area contributed by atoms with E-state index in [9.17, 15) is 15.2 Å². The molecule has 0 aliphatic heterocycles. The molecule has 0 saturated heterocycles. The van der Waals surface area contributed by atoms with Crippen LogP contribution in [0.5, 0.6) is 5.75 Å². The van der Waals surface area contributed by atoms with Gasteiger partial charge in [-0.15, -0.1) is 5.92 Å². The van der Waals surface area contributed by atoms with Gasteiger partial charge in [-0.1, -0.05) is 31.9 Å². The van der Waals surface area contributed by atoms with Crippen LogP contribution >= 0.6 is 0 Å². The first kappa shape index (κ1) is 26.4. The van der Waals surface area contributed by atoms with E-state index in [0.717, 1.165) is 44.9 Å². The molecule has 0 aliphatic rings. The average molecular weight is 507 g/mol. The summed E-state index contributed by atoms with van der Waals surface area (Å²) in [6.07, 6.45) is 1.88. The molecule has 2 aromatic heterocycles. The molecular formula is C31H30N4O3. The van der Waals surface area contributed by atoms with Crippen molar-refractivity contribution in [3.05, 3.63) is 82.3 Å². The Hall–Kier alpha value is -4.62. The van der Waals surface area contributed by atoms with Crippen LogP contribution in [0, 0.1) is 37.0 Å². The second-order valence-electron chi connectivity index (χ2n) is 9.65. The van der Waals surface area contributed by atoms with Gasteiger partial charge in [0.2, 0.25) is 0 Å². The molecule has 7 nitrogen and oxygen atoms in total. The molecule has 7 heteroatoms. The Labute approximate surface area is 222 Å². The quantitative estimate of drug-likeness (QED) is 0.287. The van der Waals surface area contributed by atoms with Gasteiger partial charge in [0, 0.05) is 23.2 Å². The minimum Gasteiger partial charge on any atom is -0.489 e. The predicted octanol–water partition coefficient (Wildman–Crippen LogP) is 6.17. The molecule has 0 fully saturated rings. The minimum absolute atomic E-state index is 0.0473. The highest BCUT2D eigenvalue weighted by molar-refractivity contribution is 5.82. The van der Waals surface area contributed by atoms with Crippen molar-refractivity contribution in [1.82, 2.24) is 14.6 Å². The Bertz CT molecular complexity index is 1580. The molecule has 1 N–H and O–H groups in total. The number of hydrogen-bond acceptors (Lipinski definition) is 5. The van der Waals surface area contributed by atoms with Crippen molar-refractivity contribution >= 4 is 11.6 Å². The van der Waals surface area contributed by atoms with E-state index in [0.29, 0.717) is 17.9 Å². The first-order valence-corrected chi connectivity index (χ1v) is 12.5. The molecule has 0 spiro atoms. The SMILES string of the molecule is CC#C[C@@H](CC(=O)O)c1ccc(OCc2cc(-c3c(C)cc(C#N)cc3C)c3nc(C(C)C)nn3c2)cc1. The molecule has 2 heterocycles. The molecule has 2 aromatic carbocycles. The van der Waals surface area contributed by atoms with Gasteiger partial charge in [0.05, 0.1) is 24.0 Å². The summed E-state index contributed by atoms with van der Waals surface area (Å²) in [6, 6.07) is 15.5. The van der Waals surface area contributed by atoms with E-state index in [2.05, 4.69) is 37.8 Å². The Morgan fingerprint density at radius 1 is 1.13 bits per heavy atom. The zero-order chi connectivity index (χ0) is 27.4. The molecule has 4 aromatic rings. The van der Waals surface area contributed by atoms with Crippen LogP contribution < -0.4 is 4.74 Å². The number of fused-ring (bicyclic) bond motifs is 1. The largest absolute Gasteiger partial charge is 0.489 e. The molecule has 0 aliphatic carbocycles. The molecule has 0 amide bonds. The summed E-state index contributed by atoms with van der Waals surface area (Å²) in [5.74, 6) is 6.14. The predicted molar refractivity (Wildman–Crippen MR) is 146 cm³/mol. The molecule has 0 saturated carbocycles. The zero-order valence-corrected chi connectivity index (χ0v) is 22.2. The molecular weight excluding hydrogens is 476 g/mol. The van der Waals surface area contributed by atoms with Crippen molar-refractivity contribution in [2.75, 3.05) is 0 Å². The normalized spacial score (nSPS) is 11.6. The van der Waals surface area contributed by atoms with Gasteiger partial charge in [-0.3, -0.25) is 4.79 Å². The van der Waals surface area contributed by atoms with Crippen LogP contribution in [-0.4, -0.2) is 25.7 Å². The van der Waals surface area contributed by atoms with Crippen LogP contribution in [0.15, 0.2) is 48.7 Å². The Balaban J connectivity index is 1.67. The smallest absolute Gasteiger partial charge is 0.304 e. The van der Waals surface area contributed by atoms with Crippen LogP contribution in [-0.2, 0) is 11.4 Å². The maximum atomic E-state index is 11.2. The van der Waals surface area contributed by atoms with Gasteiger partial charge in [0.25, 0.3) is 0 Å². The fraction of sp³-hybridized carbons (Fsp3) is 0.290. The molecule has 192 valence electrons. The van der Waals surface area contributed by atoms with E-state index in [1.54, 1.807) is 6.92 Å². The number of carbonyl (C=O) groups is 1. The summed E-state index contributed by atoms with van der Waals surface area (Å²) in [5.41, 5.74) is 7.12. The number of hydrogen-bond donors (Lipinski definition) is 1. The van der Waals surface area contributed by atoms with Crippen LogP contribution in [0.4, 0.5) is 0 Å². The molecule has 4 rings (SSSR count). The van der Waals surface area contributed by atoms with Gasteiger partial charge in [-0.05, 0) is 73.4 Å². The lowest BCUT2D eigenvalue weighted by Gasteiger charge is -2.14. The maximum absolute atomic E-state index is 11.2. The number of benzene rings is 2. The minimum atomic E-state index is -0.884. The molecule has 0 bridgehead atoms. The summed E-state index contributed by atoms with van der Waals surface area (Å²) < 4.78 is 7.91. The van der Waals surface area contributed by atoms with Crippen molar-refractivity contribution in [1.29, 1.82) is 5.26 Å². The lowest BCUT2D eigenvalue weighted by atomic mass is 9.93. The van der Waals surface area contributed by atoms with E-state index in [1.807, 2.05) is 61.0 Å². The highest BCUT2D eigenvalue weighted by atomic mass is 16.5. The van der Waals surface area contributed by atoms with Crippen LogP contribution in [0.1, 0.15) is 72.7 Å². The first-order chi connectivity index (χ1) is 18.2. The number of aryl methyl sites for hydroxylation is 2. The van der Waals surface area contributed by atoms with Gasteiger partial charge >= 0.3 is 5.97 Å². The van der Waals surface area contributed by atoms with E-state index >= 15 is 0 Å². The van der Waals surface area contributed by atoms with E-state index < -0.39 is 5.97 Å². The highest BCUT2D eigenvalue weighted by Crippen LogP contribution is 2.33. The van der Waals surface area contributed by atoms with E-state index in [-0.39, 0.29) is 18.3 Å². The second-order valence-corrected chi connectivity index (χ2v) is 9.65. The molecule has 1 atom stereocenters. The fourth-order valence-electron chi connectivity index (χ4n) is 4.58. The van der Waals surface area contributed by atoms with Gasteiger partial charge in [-0.2, -0.15) is 10.4 Å². The first-order valence-electron chi connectivity index (χ1n) is 12.5. The van der Waals surface area contributed by atoms with E-state index in [4.69, 9.17) is 14.8 Å². The Morgan fingerprint density at radius 3 is 2.39 bits per heavy atom. The van der Waals surface area contributed by atoms with Crippen LogP contribution in [0.3, 0.4) is 0 Å². The number of pyridine rings is 1. The molecule has 38 heavy (non-hydrogen) atoms. The number of nitriles is 1. The number of aromatic nitrogens is 3. The van der Waals surface area contributed by atoms with Crippen molar-refractivity contribution in [2.24, 2.45) is 0 Å². The summed E-state index contributed by atoms with van der Waals surface area (Å²) in [6.45, 7) is 10.1. The number of aliphatic carboxylic acids is 1. The standard InChI is InChI=1S/C31H30N4O3/c1-6-7-25(15-28(36)37)24-8-10-26(11-9-24)38-18-23-14-27(29-20(4)12-22(16-32)13-21(29)5)31-33-30(19(2)3)34-35(31)17-23/h8-14,17,19,25H,15,18H2,1-5H3,(H,36,37)/t25-/m0/s1. The summed E-state index contributed by atoms with van der Waals surface area (Å²) in [5, 5.41) is 23.3. The van der Waals surface area contributed by atoms with Crippen molar-refractivity contribution in [3.8, 4) is 34.8 Å². The van der Waals surface area contributed by atoms with Crippen molar-refractivity contribution in [3.63, 3.8) is 0 Å². The van der Waals surface area contributed by atoms with Crippen LogP contribution in [0.25, 0.3) is 16.8 Å². The van der Waals surface area contributed by atoms with E-state index in [1.165, 1.54) is 0 Å². The van der Waals surface area contributed by atoms with Gasteiger partial charge in [0.15, 0.2) is 11.5 Å². The topological polar surface area (TPSA) is 101 Å². The lowest BCUT2D eigenvalue weighted by Crippen LogP contribution is -2.05. The summed E-state index contributed by atoms with van der Waals surface area (Å²) >= 11 is 0. The van der Waals surface area contributed by atoms with Gasteiger partial charge in [0.1, 0.15) is 12.4 Å². The maximum Gasteiger partial charge on any atom is 0.304 e. The van der Waals surface area contributed by atoms with Crippen molar-refractivity contribution < 1.29 is 14.6 Å². The monoisotopic (exact) mass is 506 g/mol. The third kappa shape index (κ3) is 5.68. The Morgan fingerprint density at radius 2 is 1.82 bits per heavy atom. The Kier molecular flexibility index (Phi) is 7.79. The average Bonchev–Trinajstić information content (AvgIpc) is 3.32.